The molecule has 2 bridgehead atoms. The first kappa shape index (κ1) is 47.3. The van der Waals surface area contributed by atoms with Crippen molar-refractivity contribution in [3.63, 3.8) is 0 Å². The minimum atomic E-state index is -1.48. The van der Waals surface area contributed by atoms with Crippen molar-refractivity contribution in [3.05, 3.63) is 33.8 Å². The molecule has 2 heterocycles. The molecule has 0 radical (unpaired) electrons. The third kappa shape index (κ3) is 14.1. The van der Waals surface area contributed by atoms with E-state index in [1.54, 1.807) is 57.7 Å². The normalized spacial score (nSPS) is 25.5. The molecule has 1 saturated heterocycles. The number of nitrogens with zero attached hydrogens (tertiary/aromatic N) is 1. The van der Waals surface area contributed by atoms with E-state index in [4.69, 9.17) is 4.74 Å². The minimum absolute atomic E-state index is 0.0582. The van der Waals surface area contributed by atoms with Crippen LogP contribution in [-0.2, 0) is 40.0 Å². The van der Waals surface area contributed by atoms with Crippen LogP contribution in [0.25, 0.3) is 0 Å². The molecule has 16 heteroatoms. The zero-order valence-corrected chi connectivity index (χ0v) is 37.0. The van der Waals surface area contributed by atoms with Gasteiger partial charge in [-0.1, -0.05) is 50.0 Å². The van der Waals surface area contributed by atoms with Crippen LogP contribution in [-0.4, -0.2) is 100 Å². The summed E-state index contributed by atoms with van der Waals surface area (Å²) in [6.07, 6.45) is 1.22. The number of ether oxygens (including phenoxy) is 1. The topological polar surface area (TPSA) is 204 Å². The van der Waals surface area contributed by atoms with Gasteiger partial charge in [0.25, 0.3) is 5.91 Å². The summed E-state index contributed by atoms with van der Waals surface area (Å²) in [6, 6.07) is -1.35. The molecule has 0 spiro atoms. The van der Waals surface area contributed by atoms with Gasteiger partial charge >= 0.3 is 5.97 Å². The Hall–Kier alpha value is -4.05. The molecule has 1 aromatic carbocycles. The number of fused-ring (bicyclic) bond motifs is 3. The number of esters is 1. The van der Waals surface area contributed by atoms with Crippen molar-refractivity contribution in [2.45, 2.75) is 162 Å². The Balaban J connectivity index is 2.16. The van der Waals surface area contributed by atoms with Crippen LogP contribution in [0, 0.1) is 11.8 Å². The van der Waals surface area contributed by atoms with E-state index in [-0.39, 0.29) is 36.3 Å². The second kappa shape index (κ2) is 20.1. The van der Waals surface area contributed by atoms with Crippen LogP contribution in [0.2, 0.25) is 0 Å². The lowest BCUT2D eigenvalue weighted by Crippen LogP contribution is -2.64. The molecule has 318 valence electrons. The second-order valence-electron chi connectivity index (χ2n) is 17.8. The zero-order chi connectivity index (χ0) is 43.0. The molecule has 2 aliphatic heterocycles. The lowest BCUT2D eigenvalue weighted by Gasteiger charge is -2.38. The highest BCUT2D eigenvalue weighted by atomic mass is 79.9. The Kier molecular flexibility index (Phi) is 16.7. The lowest BCUT2D eigenvalue weighted by molar-refractivity contribution is -0.156. The highest BCUT2D eigenvalue weighted by molar-refractivity contribution is 9.10. The first-order valence-corrected chi connectivity index (χ1v) is 20.8. The number of hydrogen-bond acceptors (Lipinski definition) is 9. The number of halogens is 1. The summed E-state index contributed by atoms with van der Waals surface area (Å²) >= 11 is 3.52. The van der Waals surface area contributed by atoms with E-state index in [9.17, 15) is 33.6 Å². The molecule has 57 heavy (non-hydrogen) atoms. The van der Waals surface area contributed by atoms with E-state index in [0.29, 0.717) is 35.8 Å². The fourth-order valence-electron chi connectivity index (χ4n) is 6.99. The second-order valence-corrected chi connectivity index (χ2v) is 18.6. The molecule has 0 aromatic heterocycles. The molecule has 6 N–H and O–H groups in total. The summed E-state index contributed by atoms with van der Waals surface area (Å²) in [5, 5.41) is 17.2. The van der Waals surface area contributed by atoms with Gasteiger partial charge in [0.15, 0.2) is 0 Å². The van der Waals surface area contributed by atoms with E-state index < -0.39 is 89.3 Å². The van der Waals surface area contributed by atoms with Gasteiger partial charge in [-0.05, 0) is 110 Å². The highest BCUT2D eigenvalue weighted by Crippen LogP contribution is 2.25. The predicted molar refractivity (Wildman–Crippen MR) is 219 cm³/mol. The Morgan fingerprint density at radius 2 is 1.56 bits per heavy atom. The molecular weight excluding hydrogens is 798 g/mol. The number of rotatable bonds is 7. The number of carbonyl (C=O) groups excluding carboxylic acids is 7. The van der Waals surface area contributed by atoms with Gasteiger partial charge in [-0.2, -0.15) is 0 Å². The van der Waals surface area contributed by atoms with Crippen molar-refractivity contribution in [2.24, 2.45) is 11.8 Å². The molecule has 15 nitrogen and oxygen atoms in total. The van der Waals surface area contributed by atoms with E-state index in [2.05, 4.69) is 47.8 Å². The third-order valence-electron chi connectivity index (χ3n) is 9.87. The van der Waals surface area contributed by atoms with Crippen LogP contribution in [0.5, 0.6) is 0 Å². The van der Waals surface area contributed by atoms with Crippen LogP contribution in [0.4, 0.5) is 0 Å². The number of nitrogens with one attached hydrogen (secondary N) is 6. The van der Waals surface area contributed by atoms with Crippen molar-refractivity contribution < 1.29 is 38.3 Å². The monoisotopic (exact) mass is 861 g/mol. The van der Waals surface area contributed by atoms with Gasteiger partial charge < -0.3 is 36.6 Å². The molecule has 0 aliphatic carbocycles. The number of carbonyl (C=O) groups is 7. The van der Waals surface area contributed by atoms with Crippen LogP contribution in [0.15, 0.2) is 22.7 Å². The number of amides is 6. The van der Waals surface area contributed by atoms with Crippen LogP contribution < -0.4 is 31.9 Å². The van der Waals surface area contributed by atoms with Gasteiger partial charge in [0.05, 0.1) is 18.5 Å². The smallest absolute Gasteiger partial charge is 0.308 e. The minimum Gasteiger partial charge on any atom is -0.460 e. The van der Waals surface area contributed by atoms with Gasteiger partial charge in [0.1, 0.15) is 29.8 Å². The van der Waals surface area contributed by atoms with Gasteiger partial charge in [0.2, 0.25) is 29.5 Å². The average Bonchev–Trinajstić information content (AvgIpc) is 3.56. The highest BCUT2D eigenvalue weighted by Gasteiger charge is 2.43. The first-order chi connectivity index (χ1) is 26.4. The maximum Gasteiger partial charge on any atom is 0.308 e. The van der Waals surface area contributed by atoms with Crippen molar-refractivity contribution >= 4 is 57.3 Å². The molecule has 2 aliphatic rings. The van der Waals surface area contributed by atoms with E-state index in [1.165, 1.54) is 0 Å². The molecule has 6 amide bonds. The standard InChI is InChI=1S/C41H64BrN7O8/c1-12-23(4)32-38(55)44-24(5)33(39(56)48-40(6,7)8)49-17-13-14-30(49)37(54)43-21-26-19-25(15-16-27(26)42)34(51)45-28(18-22(2)3)35(52)46-29(36(53)47-32)20-31(50)57-41(9,10)11/h15-16,19,22-24,28-30,32-33H,12-14,17-18,20-21H2,1-11H3,(H,43,54)(H,44,55)(H,45,51)(H,46,52)(H,47,53)(H,48,56)/t23-,24-,28-,29-,30-,32-,33-/m0/s1. The predicted octanol–water partition coefficient (Wildman–Crippen LogP) is 3.22. The maximum absolute atomic E-state index is 14.2. The van der Waals surface area contributed by atoms with Gasteiger partial charge in [-0.3, -0.25) is 38.5 Å². The van der Waals surface area contributed by atoms with Crippen LogP contribution in [0.1, 0.15) is 124 Å². The zero-order valence-electron chi connectivity index (χ0n) is 35.4. The van der Waals surface area contributed by atoms with Crippen molar-refractivity contribution in [1.82, 2.24) is 36.8 Å². The Labute approximate surface area is 345 Å². The number of benzene rings is 1. The SMILES string of the molecule is CC[C@H](C)[C@@H]1NC(=O)[C@H](CC(=O)OC(C)(C)C)NC(=O)[C@H](CC(C)C)NC(=O)c2ccc(Br)c(c2)CNC(=O)[C@@H]2CCCN2[C@H](C(=O)NC(C)(C)C)[C@H](C)NC1=O. The average molecular weight is 863 g/mol. The van der Waals surface area contributed by atoms with Crippen LogP contribution >= 0.6 is 15.9 Å². The summed E-state index contributed by atoms with van der Waals surface area (Å²) < 4.78 is 6.15. The Morgan fingerprint density at radius 1 is 0.912 bits per heavy atom. The molecule has 3 rings (SSSR count). The first-order valence-electron chi connectivity index (χ1n) is 20.0. The van der Waals surface area contributed by atoms with Crippen molar-refractivity contribution in [3.8, 4) is 0 Å². The third-order valence-corrected chi connectivity index (χ3v) is 10.6. The quantitative estimate of drug-likeness (QED) is 0.223. The Morgan fingerprint density at radius 3 is 2.16 bits per heavy atom. The van der Waals surface area contributed by atoms with E-state index >= 15 is 0 Å². The van der Waals surface area contributed by atoms with Crippen LogP contribution in [0.3, 0.4) is 0 Å². The summed E-state index contributed by atoms with van der Waals surface area (Å²) in [5.41, 5.74) is -0.682. The fraction of sp³-hybridized carbons (Fsp3) is 0.683. The molecule has 0 unspecified atom stereocenters. The van der Waals surface area contributed by atoms with Gasteiger partial charge in [0, 0.05) is 22.1 Å². The fourth-order valence-corrected chi connectivity index (χ4v) is 7.38. The number of hydrogen-bond donors (Lipinski definition) is 6. The molecule has 1 fully saturated rings. The molecule has 0 saturated carbocycles. The molecule has 7 atom stereocenters. The molecule has 1 aromatic rings. The maximum atomic E-state index is 14.2. The largest absolute Gasteiger partial charge is 0.460 e. The molecular formula is C41H64BrN7O8. The van der Waals surface area contributed by atoms with Gasteiger partial charge in [-0.15, -0.1) is 0 Å². The van der Waals surface area contributed by atoms with E-state index in [0.717, 1.165) is 0 Å². The Bertz CT molecular complexity index is 1660. The summed E-state index contributed by atoms with van der Waals surface area (Å²) in [7, 11) is 0. The lowest BCUT2D eigenvalue weighted by atomic mass is 9.96. The summed E-state index contributed by atoms with van der Waals surface area (Å²) in [5.74, 6) is -4.59. The van der Waals surface area contributed by atoms with Crippen molar-refractivity contribution in [2.75, 3.05) is 6.54 Å². The summed E-state index contributed by atoms with van der Waals surface area (Å²) in [4.78, 5) is 99.0. The van der Waals surface area contributed by atoms with E-state index in [1.807, 2.05) is 41.5 Å². The van der Waals surface area contributed by atoms with Gasteiger partial charge in [-0.25, -0.2) is 0 Å². The summed E-state index contributed by atoms with van der Waals surface area (Å²) in [6.45, 7) is 20.1. The van der Waals surface area contributed by atoms with Crippen molar-refractivity contribution in [1.29, 1.82) is 0 Å².